The van der Waals surface area contributed by atoms with Gasteiger partial charge in [0.2, 0.25) is 0 Å². The molecule has 0 unspecified atom stereocenters. The first-order valence-electron chi connectivity index (χ1n) is 6.21. The maximum absolute atomic E-state index is 9.08. The van der Waals surface area contributed by atoms with Crippen molar-refractivity contribution in [3.63, 3.8) is 0 Å². The molecule has 0 rings (SSSR count). The lowest BCUT2D eigenvalue weighted by Gasteiger charge is -2.19. The fraction of sp³-hybridized carbons (Fsp3) is 1.00. The molecular weight excluding hydrogens is 222 g/mol. The Morgan fingerprint density at radius 1 is 1.00 bits per heavy atom. The van der Waals surface area contributed by atoms with E-state index in [0.717, 1.165) is 6.54 Å². The molecule has 0 aromatic rings. The van der Waals surface area contributed by atoms with Gasteiger partial charge >= 0.3 is 0 Å². The zero-order chi connectivity index (χ0) is 12.9. The number of rotatable bonds is 12. The average molecular weight is 249 g/mol. The van der Waals surface area contributed by atoms with Gasteiger partial charge in [-0.05, 0) is 5.92 Å². The number of nitrogens with one attached hydrogen (secondary N) is 1. The number of methoxy groups -OCH3 is 1. The summed E-state index contributed by atoms with van der Waals surface area (Å²) in [6, 6.07) is 0.150. The minimum absolute atomic E-state index is 0.150. The van der Waals surface area contributed by atoms with Crippen LogP contribution in [0.15, 0.2) is 0 Å². The number of aliphatic hydroxyl groups is 1. The van der Waals surface area contributed by atoms with Crippen molar-refractivity contribution in [1.29, 1.82) is 0 Å². The van der Waals surface area contributed by atoms with E-state index in [0.29, 0.717) is 39.0 Å². The summed E-state index contributed by atoms with van der Waals surface area (Å²) in [5.41, 5.74) is 0. The highest BCUT2D eigenvalue weighted by atomic mass is 16.5. The predicted octanol–water partition coefficient (Wildman–Crippen LogP) is 0.273. The van der Waals surface area contributed by atoms with Gasteiger partial charge in [0.25, 0.3) is 0 Å². The number of hydrogen-bond acceptors (Lipinski definition) is 5. The van der Waals surface area contributed by atoms with E-state index in [9.17, 15) is 0 Å². The van der Waals surface area contributed by atoms with Gasteiger partial charge in [-0.1, -0.05) is 13.8 Å². The average Bonchev–Trinajstić information content (AvgIpc) is 2.31. The molecule has 1 atom stereocenters. The van der Waals surface area contributed by atoms with E-state index in [4.69, 9.17) is 19.3 Å². The zero-order valence-corrected chi connectivity index (χ0v) is 11.3. The molecule has 0 aromatic carbocycles. The third-order valence-electron chi connectivity index (χ3n) is 2.46. The largest absolute Gasteiger partial charge is 0.395 e. The van der Waals surface area contributed by atoms with Gasteiger partial charge in [0.05, 0.1) is 39.6 Å². The Balaban J connectivity index is 3.17. The standard InChI is InChI=1S/C12H27NO4/c1-11(2)12(10-14)13-4-5-16-8-9-17-7-6-15-3/h11-14H,4-10H2,1-3H3/t12-/m1/s1. The summed E-state index contributed by atoms with van der Waals surface area (Å²) in [6.45, 7) is 8.13. The van der Waals surface area contributed by atoms with Gasteiger partial charge in [-0.3, -0.25) is 0 Å². The fourth-order valence-corrected chi connectivity index (χ4v) is 1.29. The normalized spacial score (nSPS) is 13.2. The molecule has 0 saturated carbocycles. The van der Waals surface area contributed by atoms with Crippen LogP contribution in [0.1, 0.15) is 13.8 Å². The van der Waals surface area contributed by atoms with Gasteiger partial charge in [0.15, 0.2) is 0 Å². The Kier molecular flexibility index (Phi) is 12.1. The van der Waals surface area contributed by atoms with E-state index in [1.165, 1.54) is 0 Å². The summed E-state index contributed by atoms with van der Waals surface area (Å²) in [5, 5.41) is 12.3. The van der Waals surface area contributed by atoms with Crippen molar-refractivity contribution in [2.75, 3.05) is 53.3 Å². The van der Waals surface area contributed by atoms with Crippen LogP contribution in [0.25, 0.3) is 0 Å². The Morgan fingerprint density at radius 3 is 2.12 bits per heavy atom. The number of aliphatic hydroxyl groups excluding tert-OH is 1. The van der Waals surface area contributed by atoms with Crippen molar-refractivity contribution in [1.82, 2.24) is 5.32 Å². The van der Waals surface area contributed by atoms with Crippen LogP contribution in [-0.2, 0) is 14.2 Å². The summed E-state index contributed by atoms with van der Waals surface area (Å²) < 4.78 is 15.5. The molecule has 0 aromatic heterocycles. The van der Waals surface area contributed by atoms with Crippen molar-refractivity contribution < 1.29 is 19.3 Å². The topological polar surface area (TPSA) is 60.0 Å². The van der Waals surface area contributed by atoms with Gasteiger partial charge in [-0.15, -0.1) is 0 Å². The van der Waals surface area contributed by atoms with Crippen molar-refractivity contribution in [2.24, 2.45) is 5.92 Å². The first kappa shape index (κ1) is 16.8. The Morgan fingerprint density at radius 2 is 1.59 bits per heavy atom. The van der Waals surface area contributed by atoms with E-state index in [2.05, 4.69) is 19.2 Å². The van der Waals surface area contributed by atoms with Crippen molar-refractivity contribution in [2.45, 2.75) is 19.9 Å². The molecule has 0 radical (unpaired) electrons. The molecule has 0 aliphatic carbocycles. The van der Waals surface area contributed by atoms with E-state index in [-0.39, 0.29) is 12.6 Å². The maximum atomic E-state index is 9.08. The van der Waals surface area contributed by atoms with Crippen molar-refractivity contribution >= 4 is 0 Å². The number of hydrogen-bond donors (Lipinski definition) is 2. The van der Waals surface area contributed by atoms with Gasteiger partial charge < -0.3 is 24.6 Å². The molecule has 0 aliphatic heterocycles. The third-order valence-corrected chi connectivity index (χ3v) is 2.46. The maximum Gasteiger partial charge on any atom is 0.0701 e. The lowest BCUT2D eigenvalue weighted by molar-refractivity contribution is 0.0246. The van der Waals surface area contributed by atoms with Gasteiger partial charge in [-0.25, -0.2) is 0 Å². The highest BCUT2D eigenvalue weighted by molar-refractivity contribution is 4.68. The van der Waals surface area contributed by atoms with Gasteiger partial charge in [0, 0.05) is 19.7 Å². The molecule has 0 heterocycles. The van der Waals surface area contributed by atoms with Gasteiger partial charge in [-0.2, -0.15) is 0 Å². The third kappa shape index (κ3) is 10.7. The summed E-state index contributed by atoms with van der Waals surface area (Å²) in [4.78, 5) is 0. The zero-order valence-electron chi connectivity index (χ0n) is 11.3. The minimum Gasteiger partial charge on any atom is -0.395 e. The molecule has 5 heteroatoms. The minimum atomic E-state index is 0.150. The Hall–Kier alpha value is -0.200. The van der Waals surface area contributed by atoms with E-state index >= 15 is 0 Å². The molecule has 2 N–H and O–H groups in total. The summed E-state index contributed by atoms with van der Waals surface area (Å²) in [6.07, 6.45) is 0. The van der Waals surface area contributed by atoms with Crippen LogP contribution in [-0.4, -0.2) is 64.4 Å². The molecule has 104 valence electrons. The molecule has 0 bridgehead atoms. The van der Waals surface area contributed by atoms with E-state index in [1.54, 1.807) is 7.11 Å². The second kappa shape index (κ2) is 12.3. The van der Waals surface area contributed by atoms with E-state index in [1.807, 2.05) is 0 Å². The molecule has 0 amide bonds. The first-order chi connectivity index (χ1) is 8.22. The van der Waals surface area contributed by atoms with Crippen LogP contribution in [0.2, 0.25) is 0 Å². The Labute approximate surface area is 104 Å². The highest BCUT2D eigenvalue weighted by Gasteiger charge is 2.09. The summed E-state index contributed by atoms with van der Waals surface area (Å²) in [7, 11) is 1.65. The molecule has 0 fully saturated rings. The fourth-order valence-electron chi connectivity index (χ4n) is 1.29. The quantitative estimate of drug-likeness (QED) is 0.486. The predicted molar refractivity (Wildman–Crippen MR) is 67.2 cm³/mol. The van der Waals surface area contributed by atoms with Crippen LogP contribution >= 0.6 is 0 Å². The molecular formula is C12H27NO4. The molecule has 0 spiro atoms. The van der Waals surface area contributed by atoms with Crippen molar-refractivity contribution in [3.05, 3.63) is 0 Å². The monoisotopic (exact) mass is 249 g/mol. The first-order valence-corrected chi connectivity index (χ1v) is 6.21. The SMILES string of the molecule is COCCOCCOCCN[C@H](CO)C(C)C. The van der Waals surface area contributed by atoms with Crippen molar-refractivity contribution in [3.8, 4) is 0 Å². The van der Waals surface area contributed by atoms with Crippen LogP contribution in [0.4, 0.5) is 0 Å². The molecule has 17 heavy (non-hydrogen) atoms. The Bertz CT molecular complexity index is 155. The molecule has 0 saturated heterocycles. The summed E-state index contributed by atoms with van der Waals surface area (Å²) in [5.74, 6) is 0.428. The highest BCUT2D eigenvalue weighted by Crippen LogP contribution is 1.99. The second-order valence-corrected chi connectivity index (χ2v) is 4.20. The lowest BCUT2D eigenvalue weighted by Crippen LogP contribution is -2.39. The second-order valence-electron chi connectivity index (χ2n) is 4.20. The van der Waals surface area contributed by atoms with E-state index < -0.39 is 0 Å². The molecule has 5 nitrogen and oxygen atoms in total. The van der Waals surface area contributed by atoms with Crippen LogP contribution < -0.4 is 5.32 Å². The van der Waals surface area contributed by atoms with Crippen LogP contribution in [0, 0.1) is 5.92 Å². The van der Waals surface area contributed by atoms with Gasteiger partial charge in [0.1, 0.15) is 0 Å². The smallest absolute Gasteiger partial charge is 0.0701 e. The van der Waals surface area contributed by atoms with Crippen LogP contribution in [0.3, 0.4) is 0 Å². The number of ether oxygens (including phenoxy) is 3. The van der Waals surface area contributed by atoms with Crippen LogP contribution in [0.5, 0.6) is 0 Å². The summed E-state index contributed by atoms with van der Waals surface area (Å²) >= 11 is 0. The molecule has 0 aliphatic rings. The lowest BCUT2D eigenvalue weighted by atomic mass is 10.1.